The van der Waals surface area contributed by atoms with Crippen LogP contribution in [0, 0.1) is 5.92 Å². The third-order valence-electron chi connectivity index (χ3n) is 4.07. The fourth-order valence-corrected chi connectivity index (χ4v) is 2.86. The van der Waals surface area contributed by atoms with Gasteiger partial charge >= 0.3 is 0 Å². The van der Waals surface area contributed by atoms with Crippen LogP contribution in [0.15, 0.2) is 12.3 Å². The molecule has 0 aromatic carbocycles. The first-order valence-corrected chi connectivity index (χ1v) is 7.53. The monoisotopic (exact) mass is 249 g/mol. The smallest absolute Gasteiger partial charge is 0.0522 e. The minimum absolute atomic E-state index is 0.708. The molecular formula is C15H27N3. The van der Waals surface area contributed by atoms with E-state index in [-0.39, 0.29) is 0 Å². The van der Waals surface area contributed by atoms with Crippen molar-refractivity contribution in [3.8, 4) is 0 Å². The van der Waals surface area contributed by atoms with Gasteiger partial charge in [0.15, 0.2) is 0 Å². The molecule has 3 nitrogen and oxygen atoms in total. The molecule has 1 heterocycles. The summed E-state index contributed by atoms with van der Waals surface area (Å²) in [6.07, 6.45) is 9.91. The van der Waals surface area contributed by atoms with Gasteiger partial charge in [-0.05, 0) is 37.7 Å². The molecule has 0 aliphatic heterocycles. The van der Waals surface area contributed by atoms with Gasteiger partial charge in [-0.2, -0.15) is 5.10 Å². The summed E-state index contributed by atoms with van der Waals surface area (Å²) in [6, 6.07) is 2.85. The summed E-state index contributed by atoms with van der Waals surface area (Å²) in [4.78, 5) is 0. The highest BCUT2D eigenvalue weighted by molar-refractivity contribution is 5.00. The van der Waals surface area contributed by atoms with Gasteiger partial charge in [-0.3, -0.25) is 4.68 Å². The maximum atomic E-state index is 4.38. The first-order valence-electron chi connectivity index (χ1n) is 7.53. The predicted octanol–water partition coefficient (Wildman–Crippen LogP) is 3.35. The Morgan fingerprint density at radius 1 is 1.33 bits per heavy atom. The van der Waals surface area contributed by atoms with E-state index in [1.165, 1.54) is 37.8 Å². The van der Waals surface area contributed by atoms with Crippen molar-refractivity contribution in [1.82, 2.24) is 15.1 Å². The van der Waals surface area contributed by atoms with E-state index >= 15 is 0 Å². The van der Waals surface area contributed by atoms with Crippen LogP contribution in [0.25, 0.3) is 0 Å². The van der Waals surface area contributed by atoms with Crippen LogP contribution in [-0.2, 0) is 13.1 Å². The average molecular weight is 249 g/mol. The zero-order chi connectivity index (χ0) is 12.8. The lowest BCUT2D eigenvalue weighted by Crippen LogP contribution is -2.29. The number of hydrogen-bond donors (Lipinski definition) is 1. The van der Waals surface area contributed by atoms with E-state index in [9.17, 15) is 0 Å². The van der Waals surface area contributed by atoms with Gasteiger partial charge in [0, 0.05) is 25.3 Å². The van der Waals surface area contributed by atoms with E-state index in [1.54, 1.807) is 0 Å². The third kappa shape index (κ3) is 3.84. The Bertz CT molecular complexity index is 345. The van der Waals surface area contributed by atoms with E-state index < -0.39 is 0 Å². The average Bonchev–Trinajstić information content (AvgIpc) is 2.69. The number of aromatic nitrogens is 2. The molecule has 2 unspecified atom stereocenters. The summed E-state index contributed by atoms with van der Waals surface area (Å²) < 4.78 is 2.13. The minimum atomic E-state index is 0.708. The fraction of sp³-hybridized carbons (Fsp3) is 0.800. The maximum Gasteiger partial charge on any atom is 0.0522 e. The molecule has 1 N–H and O–H groups in total. The van der Waals surface area contributed by atoms with E-state index in [1.807, 2.05) is 6.20 Å². The number of nitrogens with zero attached hydrogens (tertiary/aromatic N) is 2. The number of rotatable bonds is 5. The first kappa shape index (κ1) is 13.6. The van der Waals surface area contributed by atoms with Gasteiger partial charge < -0.3 is 5.32 Å². The van der Waals surface area contributed by atoms with Crippen molar-refractivity contribution in [2.45, 2.75) is 71.5 Å². The van der Waals surface area contributed by atoms with Gasteiger partial charge in [0.05, 0.1) is 5.69 Å². The summed E-state index contributed by atoms with van der Waals surface area (Å²) in [6.45, 7) is 6.59. The Labute approximate surface area is 111 Å². The lowest BCUT2D eigenvalue weighted by atomic mass is 10.0. The van der Waals surface area contributed by atoms with Gasteiger partial charge in [0.1, 0.15) is 0 Å². The molecule has 102 valence electrons. The standard InChI is InChI=1S/C15H27N3/c1-3-11-18-15(9-10-17-18)12-16-14-6-4-5-13(2)7-8-14/h9-10,13-14,16H,3-8,11-12H2,1-2H3. The number of aryl methyl sites for hydroxylation is 1. The summed E-state index contributed by atoms with van der Waals surface area (Å²) in [5, 5.41) is 8.10. The molecule has 3 heteroatoms. The Balaban J connectivity index is 1.81. The summed E-state index contributed by atoms with van der Waals surface area (Å²) >= 11 is 0. The SMILES string of the molecule is CCCn1nccc1CNC1CCCC(C)CC1. The van der Waals surface area contributed by atoms with Crippen LogP contribution in [0.1, 0.15) is 58.1 Å². The van der Waals surface area contributed by atoms with Crippen molar-refractivity contribution in [3.05, 3.63) is 18.0 Å². The highest BCUT2D eigenvalue weighted by Gasteiger charge is 2.15. The molecule has 1 aromatic heterocycles. The van der Waals surface area contributed by atoms with Crippen molar-refractivity contribution in [3.63, 3.8) is 0 Å². The second kappa shape index (κ2) is 6.93. The molecule has 1 fully saturated rings. The van der Waals surface area contributed by atoms with Crippen molar-refractivity contribution in [2.75, 3.05) is 0 Å². The molecule has 18 heavy (non-hydrogen) atoms. The second-order valence-electron chi connectivity index (χ2n) is 5.74. The summed E-state index contributed by atoms with van der Waals surface area (Å²) in [5.41, 5.74) is 1.33. The van der Waals surface area contributed by atoms with E-state index in [4.69, 9.17) is 0 Å². The van der Waals surface area contributed by atoms with Gasteiger partial charge in [-0.15, -0.1) is 0 Å². The lowest BCUT2D eigenvalue weighted by molar-refractivity contribution is 0.435. The normalized spacial score (nSPS) is 25.0. The van der Waals surface area contributed by atoms with Crippen molar-refractivity contribution in [1.29, 1.82) is 0 Å². The van der Waals surface area contributed by atoms with Crippen molar-refractivity contribution < 1.29 is 0 Å². The highest BCUT2D eigenvalue weighted by Crippen LogP contribution is 2.22. The van der Waals surface area contributed by atoms with E-state index in [0.29, 0.717) is 6.04 Å². The third-order valence-corrected chi connectivity index (χ3v) is 4.07. The summed E-state index contributed by atoms with van der Waals surface area (Å²) in [5.74, 6) is 0.919. The molecular weight excluding hydrogens is 222 g/mol. The van der Waals surface area contributed by atoms with Crippen LogP contribution < -0.4 is 5.32 Å². The minimum Gasteiger partial charge on any atom is -0.308 e. The van der Waals surface area contributed by atoms with Gasteiger partial charge in [0.2, 0.25) is 0 Å². The zero-order valence-corrected chi connectivity index (χ0v) is 11.9. The van der Waals surface area contributed by atoms with Crippen LogP contribution in [0.2, 0.25) is 0 Å². The maximum absolute atomic E-state index is 4.38. The van der Waals surface area contributed by atoms with Crippen LogP contribution in [0.4, 0.5) is 0 Å². The Hall–Kier alpha value is -0.830. The molecule has 1 saturated carbocycles. The molecule has 0 bridgehead atoms. The molecule has 1 aliphatic carbocycles. The van der Waals surface area contributed by atoms with Gasteiger partial charge in [-0.25, -0.2) is 0 Å². The molecule has 0 spiro atoms. The van der Waals surface area contributed by atoms with Crippen LogP contribution in [0.5, 0.6) is 0 Å². The molecule has 1 aliphatic rings. The molecule has 0 amide bonds. The van der Waals surface area contributed by atoms with Crippen LogP contribution in [0.3, 0.4) is 0 Å². The second-order valence-corrected chi connectivity index (χ2v) is 5.74. The van der Waals surface area contributed by atoms with Crippen LogP contribution in [-0.4, -0.2) is 15.8 Å². The molecule has 2 rings (SSSR count). The quantitative estimate of drug-likeness (QED) is 0.811. The highest BCUT2D eigenvalue weighted by atomic mass is 15.3. The molecule has 0 radical (unpaired) electrons. The molecule has 2 atom stereocenters. The van der Waals surface area contributed by atoms with Crippen molar-refractivity contribution >= 4 is 0 Å². The van der Waals surface area contributed by atoms with Crippen molar-refractivity contribution in [2.24, 2.45) is 5.92 Å². The largest absolute Gasteiger partial charge is 0.308 e. The van der Waals surface area contributed by atoms with E-state index in [2.05, 4.69) is 35.0 Å². The van der Waals surface area contributed by atoms with Crippen LogP contribution >= 0.6 is 0 Å². The Kier molecular flexibility index (Phi) is 5.24. The number of nitrogens with one attached hydrogen (secondary N) is 1. The summed E-state index contributed by atoms with van der Waals surface area (Å²) in [7, 11) is 0. The van der Waals surface area contributed by atoms with Gasteiger partial charge in [0.25, 0.3) is 0 Å². The topological polar surface area (TPSA) is 29.9 Å². The molecule has 0 saturated heterocycles. The number of hydrogen-bond acceptors (Lipinski definition) is 2. The first-order chi connectivity index (χ1) is 8.79. The zero-order valence-electron chi connectivity index (χ0n) is 11.9. The fourth-order valence-electron chi connectivity index (χ4n) is 2.86. The Morgan fingerprint density at radius 2 is 2.22 bits per heavy atom. The Morgan fingerprint density at radius 3 is 3.06 bits per heavy atom. The van der Waals surface area contributed by atoms with Gasteiger partial charge in [-0.1, -0.05) is 26.7 Å². The van der Waals surface area contributed by atoms with E-state index in [0.717, 1.165) is 25.4 Å². The molecule has 1 aromatic rings. The predicted molar refractivity (Wildman–Crippen MR) is 75.4 cm³/mol. The lowest BCUT2D eigenvalue weighted by Gasteiger charge is -2.17.